The fraction of sp³-hybridized carbons (Fsp3) is 0.791. The van der Waals surface area contributed by atoms with E-state index in [4.69, 9.17) is 63.5 Å². The van der Waals surface area contributed by atoms with Gasteiger partial charge in [-0.3, -0.25) is 4.79 Å². The molecule has 0 heterocycles. The summed E-state index contributed by atoms with van der Waals surface area (Å²) in [4.78, 5) is 34.1. The van der Waals surface area contributed by atoms with Gasteiger partial charge in [-0.2, -0.15) is 0 Å². The number of ketones is 1. The Kier molecular flexibility index (Phi) is 44.2. The molecular formula is C43H86O17Si3. The third-order valence-electron chi connectivity index (χ3n) is 8.37. The lowest BCUT2D eigenvalue weighted by molar-refractivity contribution is -0.139. The van der Waals surface area contributed by atoms with Crippen LogP contribution in [0.1, 0.15) is 92.9 Å². The Morgan fingerprint density at radius 3 is 0.984 bits per heavy atom. The fourth-order valence-electron chi connectivity index (χ4n) is 4.85. The van der Waals surface area contributed by atoms with Gasteiger partial charge in [0.2, 0.25) is 0 Å². The number of hydrogen-bond acceptors (Lipinski definition) is 17. The zero-order valence-electron chi connectivity index (χ0n) is 41.1. The van der Waals surface area contributed by atoms with Crippen molar-refractivity contribution in [1.82, 2.24) is 0 Å². The minimum Gasteiger partial charge on any atom is -0.462 e. The van der Waals surface area contributed by atoms with Gasteiger partial charge in [-0.25, -0.2) is 9.59 Å². The first kappa shape index (κ1) is 65.3. The highest BCUT2D eigenvalue weighted by Gasteiger charge is 2.42. The topological polar surface area (TPSA) is 180 Å². The number of esters is 2. The van der Waals surface area contributed by atoms with Crippen LogP contribution in [0.3, 0.4) is 0 Å². The summed E-state index contributed by atoms with van der Waals surface area (Å²) < 4.78 is 76.9. The Labute approximate surface area is 383 Å². The number of hydrogen-bond donors (Lipinski definition) is 0. The average molecular weight is 959 g/mol. The predicted molar refractivity (Wildman–Crippen MR) is 249 cm³/mol. The molecule has 0 N–H and O–H groups in total. The van der Waals surface area contributed by atoms with Gasteiger partial charge in [-0.15, -0.1) is 0 Å². The molecule has 0 atom stereocenters. The molecule has 0 fully saturated rings. The lowest BCUT2D eigenvalue weighted by Gasteiger charge is -2.29. The Bertz CT molecular complexity index is 1150. The monoisotopic (exact) mass is 959 g/mol. The SMILES string of the molecule is C=C(C)C(=O)CCCC[Si](OC)(OC)OC.C=C(C)C(=O)OCCC[Si](OCCC)(OCCC)OCCC.C=C(C)C(=O)OCCC[Si](OCCOC)(OCCOC)OCCOC. The van der Waals surface area contributed by atoms with E-state index >= 15 is 0 Å². The van der Waals surface area contributed by atoms with Crippen molar-refractivity contribution in [1.29, 1.82) is 0 Å². The van der Waals surface area contributed by atoms with E-state index in [2.05, 4.69) is 40.5 Å². The Morgan fingerprint density at radius 1 is 0.397 bits per heavy atom. The average Bonchev–Trinajstić information content (AvgIpc) is 3.27. The first-order chi connectivity index (χ1) is 30.0. The van der Waals surface area contributed by atoms with Gasteiger partial charge < -0.3 is 63.5 Å². The van der Waals surface area contributed by atoms with Crippen molar-refractivity contribution in [3.63, 3.8) is 0 Å². The fourth-order valence-corrected chi connectivity index (χ4v) is 11.9. The predicted octanol–water partition coefficient (Wildman–Crippen LogP) is 7.32. The Hall–Kier alpha value is -2.00. The van der Waals surface area contributed by atoms with E-state index in [9.17, 15) is 14.4 Å². The number of carbonyl (C=O) groups is 3. The molecule has 0 spiro atoms. The molecule has 0 saturated carbocycles. The number of allylic oxidation sites excluding steroid dienone is 1. The molecule has 0 radical (unpaired) electrons. The van der Waals surface area contributed by atoms with Crippen LogP contribution < -0.4 is 0 Å². The molecule has 17 nitrogen and oxygen atoms in total. The third kappa shape index (κ3) is 34.9. The summed E-state index contributed by atoms with van der Waals surface area (Å²) in [5.41, 5.74) is 1.40. The maximum Gasteiger partial charge on any atom is 0.501 e. The van der Waals surface area contributed by atoms with Crippen LogP contribution in [0.2, 0.25) is 18.1 Å². The van der Waals surface area contributed by atoms with Crippen LogP contribution in [0.25, 0.3) is 0 Å². The second-order valence-electron chi connectivity index (χ2n) is 14.2. The number of carbonyl (C=O) groups excluding carboxylic acids is 3. The van der Waals surface area contributed by atoms with Crippen molar-refractivity contribution >= 4 is 44.1 Å². The molecule has 0 saturated heterocycles. The maximum absolute atomic E-state index is 11.4. The van der Waals surface area contributed by atoms with Crippen molar-refractivity contribution in [2.24, 2.45) is 0 Å². The molecule has 0 aliphatic carbocycles. The molecule has 0 aromatic carbocycles. The molecule has 372 valence electrons. The number of Topliss-reactive ketones (excluding diaryl/α,β-unsaturated/α-hetero) is 1. The largest absolute Gasteiger partial charge is 0.501 e. The summed E-state index contributed by atoms with van der Waals surface area (Å²) in [6.07, 6.45) is 6.20. The van der Waals surface area contributed by atoms with Crippen LogP contribution in [0.15, 0.2) is 36.5 Å². The van der Waals surface area contributed by atoms with Crippen LogP contribution in [-0.2, 0) is 77.9 Å². The van der Waals surface area contributed by atoms with E-state index in [1.165, 1.54) is 0 Å². The molecule has 63 heavy (non-hydrogen) atoms. The quantitative estimate of drug-likeness (QED) is 0.0258. The van der Waals surface area contributed by atoms with Crippen LogP contribution in [0, 0.1) is 0 Å². The highest BCUT2D eigenvalue weighted by molar-refractivity contribution is 6.61. The number of methoxy groups -OCH3 is 3. The van der Waals surface area contributed by atoms with Gasteiger partial charge in [0.25, 0.3) is 0 Å². The molecule has 0 bridgehead atoms. The van der Waals surface area contributed by atoms with Crippen molar-refractivity contribution in [2.45, 2.75) is 111 Å². The smallest absolute Gasteiger partial charge is 0.462 e. The molecule has 0 aliphatic heterocycles. The molecule has 0 unspecified atom stereocenters. The minimum absolute atomic E-state index is 0.125. The van der Waals surface area contributed by atoms with Crippen molar-refractivity contribution in [3.05, 3.63) is 36.5 Å². The van der Waals surface area contributed by atoms with E-state index in [1.54, 1.807) is 63.4 Å². The van der Waals surface area contributed by atoms with Crippen LogP contribution >= 0.6 is 0 Å². The Balaban J connectivity index is -0.000000878. The standard InChI is InChI=1S/C16H32O8Si.C16H32O5Si.C11H22O4Si/c1-15(2)16(17)21-7-6-14-25(22-11-8-18-3,23-12-9-19-4)24-13-10-20-5;1-6-10-19-22(20-11-7-2,21-12-8-3)14-9-13-18-16(17)15(4)5;1-10(2)11(12)8-6-7-9-16(13-3,14-4)15-5/h1,6-14H2,2-5H3;4,6-14H2,1-3,5H3;1,6-9H2,2-5H3. The Morgan fingerprint density at radius 2 is 0.714 bits per heavy atom. The van der Waals surface area contributed by atoms with Crippen molar-refractivity contribution in [2.75, 3.05) is 115 Å². The van der Waals surface area contributed by atoms with Gasteiger partial charge >= 0.3 is 38.4 Å². The number of rotatable bonds is 40. The zero-order valence-corrected chi connectivity index (χ0v) is 44.1. The highest BCUT2D eigenvalue weighted by Crippen LogP contribution is 2.21. The van der Waals surface area contributed by atoms with Crippen LogP contribution in [-0.4, -0.2) is 159 Å². The maximum atomic E-state index is 11.4. The van der Waals surface area contributed by atoms with E-state index in [0.717, 1.165) is 38.1 Å². The summed E-state index contributed by atoms with van der Waals surface area (Å²) in [6, 6.07) is 1.91. The molecular weight excluding hydrogens is 873 g/mol. The lowest BCUT2D eigenvalue weighted by Crippen LogP contribution is -2.48. The van der Waals surface area contributed by atoms with Gasteiger partial charge in [0.05, 0.1) is 52.9 Å². The summed E-state index contributed by atoms with van der Waals surface area (Å²) in [5, 5.41) is 0. The van der Waals surface area contributed by atoms with E-state index < -0.39 is 32.4 Å². The molecule has 0 amide bonds. The zero-order chi connectivity index (χ0) is 48.4. The van der Waals surface area contributed by atoms with Crippen molar-refractivity contribution < 1.29 is 77.9 Å². The lowest BCUT2D eigenvalue weighted by atomic mass is 10.1. The second kappa shape index (κ2) is 42.6. The minimum atomic E-state index is -2.96. The summed E-state index contributed by atoms with van der Waals surface area (Å²) >= 11 is 0. The van der Waals surface area contributed by atoms with Gasteiger partial charge in [-0.05, 0) is 71.3 Å². The first-order valence-corrected chi connectivity index (χ1v) is 27.6. The molecule has 0 aliphatic rings. The van der Waals surface area contributed by atoms with Gasteiger partial charge in [0, 0.05) is 98.2 Å². The molecule has 0 rings (SSSR count). The third-order valence-corrected chi connectivity index (χ3v) is 17.0. The van der Waals surface area contributed by atoms with Gasteiger partial charge in [0.1, 0.15) is 0 Å². The normalized spacial score (nSPS) is 11.5. The summed E-state index contributed by atoms with van der Waals surface area (Å²) in [6.45, 7) is 26.7. The van der Waals surface area contributed by atoms with E-state index in [0.29, 0.717) is 114 Å². The second-order valence-corrected chi connectivity index (χ2v) is 22.7. The van der Waals surface area contributed by atoms with Gasteiger partial charge in [0.15, 0.2) is 5.78 Å². The first-order valence-electron chi connectivity index (χ1n) is 21.8. The molecule has 0 aromatic rings. The van der Waals surface area contributed by atoms with Crippen LogP contribution in [0.5, 0.6) is 0 Å². The van der Waals surface area contributed by atoms with Crippen LogP contribution in [0.4, 0.5) is 0 Å². The summed E-state index contributed by atoms with van der Waals surface area (Å²) in [5.74, 6) is -0.640. The summed E-state index contributed by atoms with van der Waals surface area (Å²) in [7, 11) is 1.50. The number of ether oxygens (including phenoxy) is 5. The molecule has 0 aromatic heterocycles. The van der Waals surface area contributed by atoms with E-state index in [-0.39, 0.29) is 18.4 Å². The number of unbranched alkanes of at least 4 members (excludes halogenated alkanes) is 1. The van der Waals surface area contributed by atoms with Crippen molar-refractivity contribution in [3.8, 4) is 0 Å². The molecule has 20 heteroatoms. The van der Waals surface area contributed by atoms with E-state index in [1.807, 2.05) is 0 Å². The van der Waals surface area contributed by atoms with Gasteiger partial charge in [-0.1, -0.05) is 40.5 Å². The highest BCUT2D eigenvalue weighted by atomic mass is 28.4.